The second kappa shape index (κ2) is 7.14. The van der Waals surface area contributed by atoms with E-state index >= 15 is 0 Å². The van der Waals surface area contributed by atoms with E-state index in [1.54, 1.807) is 0 Å². The van der Waals surface area contributed by atoms with Gasteiger partial charge in [0.15, 0.2) is 11.5 Å². The maximum absolute atomic E-state index is 12.9. The Morgan fingerprint density at radius 2 is 1.81 bits per heavy atom. The predicted octanol–water partition coefficient (Wildman–Crippen LogP) is 2.56. The number of nitrogens with one attached hydrogen (secondary N) is 2. The molecule has 1 aromatic rings. The van der Waals surface area contributed by atoms with Crippen LogP contribution in [0, 0.1) is 23.7 Å². The molecule has 4 saturated carbocycles. The van der Waals surface area contributed by atoms with Gasteiger partial charge in [-0.1, -0.05) is 13.8 Å². The molecule has 1 heterocycles. The van der Waals surface area contributed by atoms with Crippen molar-refractivity contribution in [1.82, 2.24) is 15.5 Å². The van der Waals surface area contributed by atoms with E-state index in [1.807, 2.05) is 6.07 Å². The Bertz CT molecular complexity index is 648. The third-order valence-corrected chi connectivity index (χ3v) is 6.61. The molecule has 6 heteroatoms. The van der Waals surface area contributed by atoms with Gasteiger partial charge in [-0.25, -0.2) is 0 Å². The summed E-state index contributed by atoms with van der Waals surface area (Å²) < 4.78 is 0. The molecule has 0 spiro atoms. The Hall–Kier alpha value is -1.69. The molecule has 4 bridgehead atoms. The van der Waals surface area contributed by atoms with Crippen molar-refractivity contribution in [3.05, 3.63) is 17.3 Å². The maximum Gasteiger partial charge on any atom is 0.272 e. The minimum Gasteiger partial charge on any atom is -0.395 e. The lowest BCUT2D eigenvalue weighted by molar-refractivity contribution is -0.0120. The zero-order chi connectivity index (χ0) is 18.3. The van der Waals surface area contributed by atoms with Crippen molar-refractivity contribution in [3.63, 3.8) is 0 Å². The number of anilines is 1. The first-order valence-corrected chi connectivity index (χ1v) is 10.1. The van der Waals surface area contributed by atoms with Crippen LogP contribution in [0.4, 0.5) is 5.82 Å². The van der Waals surface area contributed by atoms with Crippen LogP contribution < -0.4 is 10.6 Å². The molecule has 0 aromatic carbocycles. The van der Waals surface area contributed by atoms with Crippen LogP contribution in [0.1, 0.15) is 67.9 Å². The average molecular weight is 358 g/mol. The molecule has 1 aromatic heterocycles. The molecular formula is C20H30N4O2. The van der Waals surface area contributed by atoms with Gasteiger partial charge in [0.05, 0.1) is 6.61 Å². The number of aromatic nitrogens is 2. The van der Waals surface area contributed by atoms with Crippen molar-refractivity contribution in [3.8, 4) is 0 Å². The molecule has 4 aliphatic rings. The Morgan fingerprint density at radius 3 is 2.38 bits per heavy atom. The lowest BCUT2D eigenvalue weighted by atomic mass is 9.54. The number of carbonyl (C=O) groups excluding carboxylic acids is 1. The van der Waals surface area contributed by atoms with Crippen molar-refractivity contribution in [2.24, 2.45) is 23.7 Å². The molecule has 4 aliphatic carbocycles. The molecule has 0 radical (unpaired) electrons. The van der Waals surface area contributed by atoms with Crippen LogP contribution >= 0.6 is 0 Å². The number of carbonyl (C=O) groups is 1. The van der Waals surface area contributed by atoms with Gasteiger partial charge in [0.2, 0.25) is 0 Å². The Morgan fingerprint density at radius 1 is 1.15 bits per heavy atom. The summed E-state index contributed by atoms with van der Waals surface area (Å²) in [5.41, 5.74) is 1.36. The van der Waals surface area contributed by atoms with Crippen molar-refractivity contribution in [2.45, 2.75) is 57.9 Å². The maximum atomic E-state index is 12.9. The predicted molar refractivity (Wildman–Crippen MR) is 100.0 cm³/mol. The van der Waals surface area contributed by atoms with Crippen LogP contribution in [-0.2, 0) is 0 Å². The first-order valence-electron chi connectivity index (χ1n) is 10.1. The van der Waals surface area contributed by atoms with Gasteiger partial charge in [-0.15, -0.1) is 10.2 Å². The normalized spacial score (nSPS) is 32.1. The molecule has 0 atom stereocenters. The van der Waals surface area contributed by atoms with Gasteiger partial charge in [-0.3, -0.25) is 4.79 Å². The topological polar surface area (TPSA) is 87.1 Å². The fraction of sp³-hybridized carbons (Fsp3) is 0.750. The SMILES string of the molecule is CC(C)c1cc(C(=O)NC2C3CC4CC(C3)CC2C4)nnc1NCCO. The monoisotopic (exact) mass is 358 g/mol. The molecule has 0 aliphatic heterocycles. The zero-order valence-electron chi connectivity index (χ0n) is 15.7. The zero-order valence-corrected chi connectivity index (χ0v) is 15.7. The highest BCUT2D eigenvalue weighted by Gasteiger charge is 2.48. The van der Waals surface area contributed by atoms with Gasteiger partial charge in [0, 0.05) is 18.2 Å². The summed E-state index contributed by atoms with van der Waals surface area (Å²) in [5.74, 6) is 3.88. The fourth-order valence-corrected chi connectivity index (χ4v) is 5.66. The number of nitrogens with zero attached hydrogens (tertiary/aromatic N) is 2. The molecule has 5 rings (SSSR count). The minimum absolute atomic E-state index is 0.0356. The van der Waals surface area contributed by atoms with Gasteiger partial charge in [0.25, 0.3) is 5.91 Å². The molecule has 26 heavy (non-hydrogen) atoms. The van der Waals surface area contributed by atoms with Crippen molar-refractivity contribution in [2.75, 3.05) is 18.5 Å². The van der Waals surface area contributed by atoms with Gasteiger partial charge in [-0.05, 0) is 67.8 Å². The summed E-state index contributed by atoms with van der Waals surface area (Å²) in [6, 6.07) is 2.16. The van der Waals surface area contributed by atoms with Crippen molar-refractivity contribution < 1.29 is 9.90 Å². The highest BCUT2D eigenvalue weighted by Crippen LogP contribution is 2.53. The van der Waals surface area contributed by atoms with E-state index in [2.05, 4.69) is 34.7 Å². The number of hydrogen-bond donors (Lipinski definition) is 3. The van der Waals surface area contributed by atoms with Crippen LogP contribution in [0.15, 0.2) is 6.07 Å². The van der Waals surface area contributed by atoms with Crippen LogP contribution in [0.2, 0.25) is 0 Å². The quantitative estimate of drug-likeness (QED) is 0.727. The third kappa shape index (κ3) is 3.31. The lowest BCUT2D eigenvalue weighted by Crippen LogP contribution is -2.55. The van der Waals surface area contributed by atoms with Gasteiger partial charge in [0.1, 0.15) is 0 Å². The molecule has 1 amide bonds. The van der Waals surface area contributed by atoms with Gasteiger partial charge in [-0.2, -0.15) is 0 Å². The summed E-state index contributed by atoms with van der Waals surface area (Å²) in [6.07, 6.45) is 6.55. The van der Waals surface area contributed by atoms with Gasteiger partial charge >= 0.3 is 0 Å². The summed E-state index contributed by atoms with van der Waals surface area (Å²) >= 11 is 0. The number of hydrogen-bond acceptors (Lipinski definition) is 5. The summed E-state index contributed by atoms with van der Waals surface area (Å²) in [6.45, 7) is 4.60. The van der Waals surface area contributed by atoms with Crippen LogP contribution in [0.5, 0.6) is 0 Å². The number of rotatable bonds is 6. The third-order valence-electron chi connectivity index (χ3n) is 6.61. The first kappa shape index (κ1) is 17.7. The number of amides is 1. The average Bonchev–Trinajstić information content (AvgIpc) is 2.62. The van der Waals surface area contributed by atoms with Crippen LogP contribution in [-0.4, -0.2) is 40.4 Å². The molecule has 3 N–H and O–H groups in total. The Balaban J connectivity index is 1.48. The van der Waals surface area contributed by atoms with Crippen LogP contribution in [0.3, 0.4) is 0 Å². The van der Waals surface area contributed by atoms with E-state index in [4.69, 9.17) is 5.11 Å². The second-order valence-electron chi connectivity index (χ2n) is 8.77. The van der Waals surface area contributed by atoms with E-state index in [0.29, 0.717) is 35.9 Å². The highest BCUT2D eigenvalue weighted by molar-refractivity contribution is 5.92. The standard InChI is InChI=1S/C20H30N4O2/c1-11(2)16-10-17(23-24-19(16)21-3-4-25)20(26)22-18-14-6-12-5-13(8-14)9-15(18)7-12/h10-15,18,25H,3-9H2,1-2H3,(H,21,24)(H,22,26). The van der Waals surface area contributed by atoms with E-state index in [0.717, 1.165) is 17.4 Å². The highest BCUT2D eigenvalue weighted by atomic mass is 16.3. The molecule has 6 nitrogen and oxygen atoms in total. The molecule has 0 unspecified atom stereocenters. The van der Waals surface area contributed by atoms with Gasteiger partial charge < -0.3 is 15.7 Å². The fourth-order valence-electron chi connectivity index (χ4n) is 5.66. The van der Waals surface area contributed by atoms with E-state index in [9.17, 15) is 4.79 Å². The Labute approximate surface area is 155 Å². The Kier molecular flexibility index (Phi) is 4.86. The minimum atomic E-state index is -0.0921. The lowest BCUT2D eigenvalue weighted by Gasteiger charge is -2.54. The van der Waals surface area contributed by atoms with E-state index in [-0.39, 0.29) is 18.4 Å². The number of aliphatic hydroxyl groups excluding tert-OH is 1. The van der Waals surface area contributed by atoms with E-state index in [1.165, 1.54) is 32.1 Å². The summed E-state index contributed by atoms with van der Waals surface area (Å²) in [4.78, 5) is 12.9. The van der Waals surface area contributed by atoms with Crippen LogP contribution in [0.25, 0.3) is 0 Å². The summed E-state index contributed by atoms with van der Waals surface area (Å²) in [5, 5.41) is 23.8. The van der Waals surface area contributed by atoms with E-state index < -0.39 is 0 Å². The molecule has 142 valence electrons. The smallest absolute Gasteiger partial charge is 0.272 e. The molecular weight excluding hydrogens is 328 g/mol. The first-order chi connectivity index (χ1) is 12.5. The molecule has 4 fully saturated rings. The number of aliphatic hydroxyl groups is 1. The van der Waals surface area contributed by atoms with Crippen molar-refractivity contribution in [1.29, 1.82) is 0 Å². The van der Waals surface area contributed by atoms with Crippen molar-refractivity contribution >= 4 is 11.7 Å². The summed E-state index contributed by atoms with van der Waals surface area (Å²) in [7, 11) is 0. The largest absolute Gasteiger partial charge is 0.395 e. The second-order valence-corrected chi connectivity index (χ2v) is 8.77. The molecule has 0 saturated heterocycles.